The summed E-state index contributed by atoms with van der Waals surface area (Å²) in [7, 11) is -3.04. The van der Waals surface area contributed by atoms with E-state index in [-0.39, 0.29) is 10.8 Å². The summed E-state index contributed by atoms with van der Waals surface area (Å²) in [6, 6.07) is 0. The van der Waals surface area contributed by atoms with E-state index >= 15 is 0 Å². The fraction of sp³-hybridized carbons (Fsp3) is 1.00. The van der Waals surface area contributed by atoms with Crippen LogP contribution in [0.3, 0.4) is 0 Å². The van der Waals surface area contributed by atoms with Gasteiger partial charge in [-0.05, 0) is 58.9 Å². The zero-order valence-corrected chi connectivity index (χ0v) is 14.0. The molecule has 20 heavy (non-hydrogen) atoms. The van der Waals surface area contributed by atoms with Crippen LogP contribution in [0.5, 0.6) is 0 Å². The monoisotopic (exact) mass is 302 g/mol. The maximum atomic E-state index is 12.6. The van der Waals surface area contributed by atoms with E-state index in [2.05, 4.69) is 26.1 Å². The lowest BCUT2D eigenvalue weighted by atomic mass is 9.98. The van der Waals surface area contributed by atoms with Crippen molar-refractivity contribution in [3.8, 4) is 0 Å². The van der Waals surface area contributed by atoms with Gasteiger partial charge in [0.1, 0.15) is 0 Å². The molecule has 1 unspecified atom stereocenters. The van der Waals surface area contributed by atoms with E-state index in [4.69, 9.17) is 0 Å². The Kier molecular flexibility index (Phi) is 5.14. The van der Waals surface area contributed by atoms with Crippen molar-refractivity contribution in [1.29, 1.82) is 0 Å². The second-order valence-electron chi connectivity index (χ2n) is 7.45. The Hall–Kier alpha value is -0.130. The summed E-state index contributed by atoms with van der Waals surface area (Å²) in [5.41, 5.74) is 0.104. The van der Waals surface area contributed by atoms with Crippen molar-refractivity contribution in [2.75, 3.05) is 19.6 Å². The van der Waals surface area contributed by atoms with Crippen LogP contribution in [-0.2, 0) is 10.0 Å². The first kappa shape index (κ1) is 16.2. The largest absolute Gasteiger partial charge is 0.312 e. The Morgan fingerprint density at radius 3 is 2.35 bits per heavy atom. The summed E-state index contributed by atoms with van der Waals surface area (Å²) >= 11 is 0. The molecule has 2 fully saturated rings. The molecule has 1 saturated carbocycles. The number of sulfonamides is 1. The lowest BCUT2D eigenvalue weighted by Gasteiger charge is -2.35. The predicted molar refractivity (Wildman–Crippen MR) is 83.2 cm³/mol. The van der Waals surface area contributed by atoms with Gasteiger partial charge >= 0.3 is 0 Å². The average molecular weight is 302 g/mol. The number of hydrogen-bond donors (Lipinski definition) is 1. The highest BCUT2D eigenvalue weighted by Crippen LogP contribution is 2.29. The first-order valence-corrected chi connectivity index (χ1v) is 9.53. The second-order valence-corrected chi connectivity index (χ2v) is 9.66. The molecule has 1 aliphatic carbocycles. The Bertz CT molecular complexity index is 408. The smallest absolute Gasteiger partial charge is 0.216 e. The Balaban J connectivity index is 1.92. The van der Waals surface area contributed by atoms with E-state index in [0.29, 0.717) is 12.5 Å². The molecule has 0 aromatic heterocycles. The molecule has 5 heteroatoms. The molecule has 0 radical (unpaired) electrons. The molecule has 1 aliphatic heterocycles. The summed E-state index contributed by atoms with van der Waals surface area (Å²) in [5, 5.41) is 3.41. The number of nitrogens with one attached hydrogen (secondary N) is 1. The third kappa shape index (κ3) is 4.18. The molecule has 118 valence electrons. The highest BCUT2D eigenvalue weighted by Gasteiger charge is 2.36. The van der Waals surface area contributed by atoms with Crippen LogP contribution in [0.2, 0.25) is 0 Å². The third-order valence-corrected chi connectivity index (χ3v) is 6.85. The van der Waals surface area contributed by atoms with E-state index in [9.17, 15) is 8.42 Å². The maximum Gasteiger partial charge on any atom is 0.216 e. The van der Waals surface area contributed by atoms with Crippen molar-refractivity contribution < 1.29 is 8.42 Å². The van der Waals surface area contributed by atoms with Gasteiger partial charge in [-0.3, -0.25) is 0 Å². The predicted octanol–water partition coefficient (Wildman–Crippen LogP) is 2.36. The SMILES string of the molecule is CC(C)(C)NCC1CCCN(S(=O)(=O)C2CCCC2)C1. The van der Waals surface area contributed by atoms with Gasteiger partial charge in [0.05, 0.1) is 5.25 Å². The highest BCUT2D eigenvalue weighted by atomic mass is 32.2. The molecule has 0 aromatic carbocycles. The van der Waals surface area contributed by atoms with Crippen molar-refractivity contribution in [3.05, 3.63) is 0 Å². The zero-order chi connectivity index (χ0) is 14.8. The molecule has 0 amide bonds. The summed E-state index contributed by atoms with van der Waals surface area (Å²) in [4.78, 5) is 0. The minimum absolute atomic E-state index is 0.100. The molecule has 1 atom stereocenters. The molecule has 0 spiro atoms. The zero-order valence-electron chi connectivity index (χ0n) is 13.2. The normalized spacial score (nSPS) is 27.1. The Morgan fingerprint density at radius 1 is 1.10 bits per heavy atom. The molecule has 1 heterocycles. The number of piperidine rings is 1. The van der Waals surface area contributed by atoms with Gasteiger partial charge in [0.2, 0.25) is 10.0 Å². The van der Waals surface area contributed by atoms with E-state index in [1.54, 1.807) is 4.31 Å². The first-order valence-electron chi connectivity index (χ1n) is 8.03. The topological polar surface area (TPSA) is 49.4 Å². The first-order chi connectivity index (χ1) is 9.29. The highest BCUT2D eigenvalue weighted by molar-refractivity contribution is 7.89. The van der Waals surface area contributed by atoms with Gasteiger partial charge in [0.25, 0.3) is 0 Å². The fourth-order valence-electron chi connectivity index (χ4n) is 3.27. The van der Waals surface area contributed by atoms with Gasteiger partial charge in [0, 0.05) is 18.6 Å². The fourth-order valence-corrected chi connectivity index (χ4v) is 5.43. The average Bonchev–Trinajstić information content (AvgIpc) is 2.90. The van der Waals surface area contributed by atoms with E-state index in [1.165, 1.54) is 0 Å². The summed E-state index contributed by atoms with van der Waals surface area (Å²) in [6.45, 7) is 8.82. The lowest BCUT2D eigenvalue weighted by Crippen LogP contribution is -2.48. The summed E-state index contributed by atoms with van der Waals surface area (Å²) in [5.74, 6) is 0.458. The van der Waals surface area contributed by atoms with Crippen LogP contribution in [0.1, 0.15) is 59.3 Å². The molecule has 2 aliphatic rings. The molecular formula is C15H30N2O2S. The van der Waals surface area contributed by atoms with E-state index in [0.717, 1.165) is 51.6 Å². The van der Waals surface area contributed by atoms with Crippen molar-refractivity contribution in [3.63, 3.8) is 0 Å². The Labute approximate surface area is 124 Å². The van der Waals surface area contributed by atoms with Crippen LogP contribution >= 0.6 is 0 Å². The number of hydrogen-bond acceptors (Lipinski definition) is 3. The van der Waals surface area contributed by atoms with Crippen LogP contribution in [-0.4, -0.2) is 43.1 Å². The van der Waals surface area contributed by atoms with E-state index < -0.39 is 10.0 Å². The van der Waals surface area contributed by atoms with Crippen molar-refractivity contribution in [2.45, 2.75) is 70.1 Å². The van der Waals surface area contributed by atoms with Gasteiger partial charge in [-0.15, -0.1) is 0 Å². The maximum absolute atomic E-state index is 12.6. The molecular weight excluding hydrogens is 272 g/mol. The molecule has 1 N–H and O–H groups in total. The van der Waals surface area contributed by atoms with Crippen molar-refractivity contribution >= 4 is 10.0 Å². The van der Waals surface area contributed by atoms with E-state index in [1.807, 2.05) is 0 Å². The molecule has 0 aromatic rings. The van der Waals surface area contributed by atoms with Crippen LogP contribution < -0.4 is 5.32 Å². The Morgan fingerprint density at radius 2 is 1.75 bits per heavy atom. The van der Waals surface area contributed by atoms with Crippen LogP contribution in [0.4, 0.5) is 0 Å². The van der Waals surface area contributed by atoms with Crippen molar-refractivity contribution in [2.24, 2.45) is 5.92 Å². The molecule has 4 nitrogen and oxygen atoms in total. The number of nitrogens with zero attached hydrogens (tertiary/aromatic N) is 1. The second kappa shape index (κ2) is 6.32. The molecule has 0 bridgehead atoms. The third-order valence-electron chi connectivity index (χ3n) is 4.49. The van der Waals surface area contributed by atoms with Crippen molar-refractivity contribution in [1.82, 2.24) is 9.62 Å². The standard InChI is InChI=1S/C15H30N2O2S/c1-15(2,3)16-11-13-7-6-10-17(12-13)20(18,19)14-8-4-5-9-14/h13-14,16H,4-12H2,1-3H3. The van der Waals surface area contributed by atoms with Gasteiger partial charge < -0.3 is 5.32 Å². The summed E-state index contributed by atoms with van der Waals surface area (Å²) < 4.78 is 27.1. The molecule has 1 saturated heterocycles. The van der Waals surface area contributed by atoms with Crippen LogP contribution in [0.15, 0.2) is 0 Å². The van der Waals surface area contributed by atoms with Crippen LogP contribution in [0, 0.1) is 5.92 Å². The quantitative estimate of drug-likeness (QED) is 0.867. The minimum atomic E-state index is -3.04. The number of rotatable bonds is 4. The van der Waals surface area contributed by atoms with Gasteiger partial charge in [-0.1, -0.05) is 12.8 Å². The molecule has 2 rings (SSSR count). The van der Waals surface area contributed by atoms with Crippen LogP contribution in [0.25, 0.3) is 0 Å². The summed E-state index contributed by atoms with van der Waals surface area (Å²) in [6.07, 6.45) is 6.02. The van der Waals surface area contributed by atoms with Gasteiger partial charge in [0.15, 0.2) is 0 Å². The van der Waals surface area contributed by atoms with Gasteiger partial charge in [-0.25, -0.2) is 12.7 Å². The van der Waals surface area contributed by atoms with Gasteiger partial charge in [-0.2, -0.15) is 0 Å². The lowest BCUT2D eigenvalue weighted by molar-refractivity contribution is 0.243. The minimum Gasteiger partial charge on any atom is -0.312 e.